The summed E-state index contributed by atoms with van der Waals surface area (Å²) in [5.41, 5.74) is -0.0231. The van der Waals surface area contributed by atoms with E-state index in [0.717, 1.165) is 6.04 Å². The molecule has 1 atom stereocenters. The zero-order chi connectivity index (χ0) is 32.7. The number of sulfonamides is 1. The first-order valence-electron chi connectivity index (χ1n) is 14.9. The maximum absolute atomic E-state index is 14.6. The summed E-state index contributed by atoms with van der Waals surface area (Å²) in [4.78, 5) is 34.5. The Balaban J connectivity index is 1.31. The van der Waals surface area contributed by atoms with E-state index in [4.69, 9.17) is 4.74 Å². The third kappa shape index (κ3) is 7.11. The molecular formula is C30H38BrFN4O6S2Si. The number of amidine groups is 1. The van der Waals surface area contributed by atoms with Crippen LogP contribution in [0.15, 0.2) is 50.5 Å². The van der Waals surface area contributed by atoms with Crippen LogP contribution in [0, 0.1) is 17.2 Å². The average Bonchev–Trinajstić information content (AvgIpc) is 3.51. The molecule has 1 saturated heterocycles. The molecule has 0 amide bonds. The summed E-state index contributed by atoms with van der Waals surface area (Å²) >= 11 is 4.61. The van der Waals surface area contributed by atoms with Crippen molar-refractivity contribution in [2.45, 2.75) is 69.6 Å². The van der Waals surface area contributed by atoms with Crippen LogP contribution >= 0.6 is 27.3 Å². The van der Waals surface area contributed by atoms with E-state index in [2.05, 4.69) is 50.9 Å². The van der Waals surface area contributed by atoms with Gasteiger partial charge in [0.15, 0.2) is 10.8 Å². The van der Waals surface area contributed by atoms with Gasteiger partial charge in [0.2, 0.25) is 10.0 Å². The SMILES string of the molecule is CC1(C(=O)OCC[Si](C)(C)C)CC(S(=O)(=O)N2CCC(C3=C(C(=O)O)C(c4cccc(F)c4Br)N=C(c4nccs4)N3)CC2)C1. The molecule has 3 aliphatic rings. The highest BCUT2D eigenvalue weighted by Gasteiger charge is 2.54. The Kier molecular flexibility index (Phi) is 9.77. The molecule has 1 aromatic heterocycles. The lowest BCUT2D eigenvalue weighted by Crippen LogP contribution is -2.54. The van der Waals surface area contributed by atoms with E-state index in [1.54, 1.807) is 24.6 Å². The fraction of sp³-hybridized carbons (Fsp3) is 0.533. The number of rotatable bonds is 10. The largest absolute Gasteiger partial charge is 0.478 e. The van der Waals surface area contributed by atoms with Gasteiger partial charge in [0.05, 0.1) is 27.3 Å². The molecule has 3 heterocycles. The second kappa shape index (κ2) is 13.0. The Hall–Kier alpha value is -2.46. The number of aliphatic carboxylic acids is 1. The Morgan fingerprint density at radius 1 is 1.24 bits per heavy atom. The van der Waals surface area contributed by atoms with Gasteiger partial charge in [-0.2, -0.15) is 0 Å². The van der Waals surface area contributed by atoms with Gasteiger partial charge in [-0.15, -0.1) is 11.3 Å². The standard InChI is InChI=1S/C30H38BrFN4O6S2Si/c1-30(29(39)42-13-15-45(2,3)4)16-19(17-30)44(40,41)36-11-8-18(9-12-36)24-22(28(37)38)25(20-6-5-7-21(32)23(20)31)35-26(34-24)27-33-10-14-43-27/h5-7,10,14,18-19,25H,8-9,11-13,15-17H2,1-4H3,(H,34,35)(H,37,38). The van der Waals surface area contributed by atoms with Crippen LogP contribution in [0.2, 0.25) is 25.7 Å². The van der Waals surface area contributed by atoms with Crippen molar-refractivity contribution < 1.29 is 32.2 Å². The minimum absolute atomic E-state index is 0.00897. The number of hydrogen-bond donors (Lipinski definition) is 2. The van der Waals surface area contributed by atoms with Crippen molar-refractivity contribution in [2.24, 2.45) is 16.3 Å². The number of carbonyl (C=O) groups is 2. The summed E-state index contributed by atoms with van der Waals surface area (Å²) < 4.78 is 48.8. The van der Waals surface area contributed by atoms with Crippen LogP contribution in [0.25, 0.3) is 0 Å². The molecular weight excluding hydrogens is 703 g/mol. The van der Waals surface area contributed by atoms with E-state index in [-0.39, 0.29) is 47.9 Å². The van der Waals surface area contributed by atoms with Gasteiger partial charge < -0.3 is 15.2 Å². The molecule has 244 valence electrons. The van der Waals surface area contributed by atoms with Gasteiger partial charge in [0.1, 0.15) is 11.9 Å². The van der Waals surface area contributed by atoms with Gasteiger partial charge in [0, 0.05) is 44.4 Å². The van der Waals surface area contributed by atoms with E-state index in [0.29, 0.717) is 41.6 Å². The number of hydrogen-bond acceptors (Lipinski definition) is 9. The van der Waals surface area contributed by atoms with Crippen molar-refractivity contribution >= 4 is 63.1 Å². The minimum atomic E-state index is -3.67. The molecule has 2 aromatic rings. The first-order valence-corrected chi connectivity index (χ1v) is 21.8. The number of aromatic nitrogens is 1. The van der Waals surface area contributed by atoms with Crippen molar-refractivity contribution in [3.8, 4) is 0 Å². The Bertz CT molecular complexity index is 1630. The fourth-order valence-corrected chi connectivity index (χ4v) is 10.2. The molecule has 1 saturated carbocycles. The predicted octanol–water partition coefficient (Wildman–Crippen LogP) is 5.57. The van der Waals surface area contributed by atoms with Crippen LogP contribution in [0.3, 0.4) is 0 Å². The van der Waals surface area contributed by atoms with Crippen LogP contribution < -0.4 is 5.32 Å². The molecule has 45 heavy (non-hydrogen) atoms. The highest BCUT2D eigenvalue weighted by molar-refractivity contribution is 9.10. The molecule has 2 N–H and O–H groups in total. The van der Waals surface area contributed by atoms with E-state index in [1.807, 2.05) is 0 Å². The maximum Gasteiger partial charge on any atom is 0.335 e. The number of ether oxygens (including phenoxy) is 1. The molecule has 2 aliphatic heterocycles. The quantitative estimate of drug-likeness (QED) is 0.239. The Morgan fingerprint density at radius 3 is 2.53 bits per heavy atom. The van der Waals surface area contributed by atoms with Crippen LogP contribution in [-0.4, -0.2) is 73.6 Å². The van der Waals surface area contributed by atoms with Crippen LogP contribution in [0.4, 0.5) is 4.39 Å². The molecule has 2 fully saturated rings. The van der Waals surface area contributed by atoms with Gasteiger partial charge in [0.25, 0.3) is 0 Å². The van der Waals surface area contributed by atoms with Gasteiger partial charge >= 0.3 is 11.9 Å². The molecule has 0 bridgehead atoms. The number of benzene rings is 1. The number of allylic oxidation sites excluding steroid dienone is 1. The second-order valence-electron chi connectivity index (χ2n) is 13.4. The molecule has 1 unspecified atom stereocenters. The van der Waals surface area contributed by atoms with Crippen LogP contribution in [-0.2, 0) is 24.3 Å². The fourth-order valence-electron chi connectivity index (χ4n) is 6.08. The number of piperidine rings is 1. The summed E-state index contributed by atoms with van der Waals surface area (Å²) in [7, 11) is -5.03. The third-order valence-corrected chi connectivity index (χ3v) is 14.4. The van der Waals surface area contributed by atoms with E-state index in [9.17, 15) is 27.5 Å². The summed E-state index contributed by atoms with van der Waals surface area (Å²) in [6, 6.07) is 4.27. The normalized spacial score (nSPS) is 24.9. The van der Waals surface area contributed by atoms with Gasteiger partial charge in [-0.05, 0) is 66.2 Å². The lowest BCUT2D eigenvalue weighted by molar-refractivity contribution is -0.159. The first kappa shape index (κ1) is 33.9. The highest BCUT2D eigenvalue weighted by atomic mass is 79.9. The minimum Gasteiger partial charge on any atom is -0.478 e. The van der Waals surface area contributed by atoms with E-state index < -0.39 is 46.6 Å². The first-order chi connectivity index (χ1) is 21.1. The summed E-state index contributed by atoms with van der Waals surface area (Å²) in [6.07, 6.45) is 2.81. The predicted molar refractivity (Wildman–Crippen MR) is 177 cm³/mol. The van der Waals surface area contributed by atoms with Gasteiger partial charge in [-0.1, -0.05) is 31.8 Å². The number of carboxylic acid groups (broad SMARTS) is 1. The van der Waals surface area contributed by atoms with Crippen molar-refractivity contribution in [3.05, 3.63) is 61.9 Å². The van der Waals surface area contributed by atoms with Crippen LogP contribution in [0.1, 0.15) is 49.2 Å². The van der Waals surface area contributed by atoms with Crippen LogP contribution in [0.5, 0.6) is 0 Å². The molecule has 0 radical (unpaired) electrons. The van der Waals surface area contributed by atoms with Crippen molar-refractivity contribution in [1.29, 1.82) is 0 Å². The topological polar surface area (TPSA) is 138 Å². The van der Waals surface area contributed by atoms with Gasteiger partial charge in [-0.25, -0.2) is 26.9 Å². The molecule has 5 rings (SSSR count). The lowest BCUT2D eigenvalue weighted by Gasteiger charge is -2.45. The number of esters is 1. The van der Waals surface area contributed by atoms with Crippen molar-refractivity contribution in [2.75, 3.05) is 19.7 Å². The van der Waals surface area contributed by atoms with Crippen molar-refractivity contribution in [3.63, 3.8) is 0 Å². The molecule has 10 nitrogen and oxygen atoms in total. The number of carboxylic acids is 1. The number of aliphatic imine (C=N–C) groups is 1. The number of thiazole rings is 1. The van der Waals surface area contributed by atoms with E-state index >= 15 is 0 Å². The molecule has 15 heteroatoms. The highest BCUT2D eigenvalue weighted by Crippen LogP contribution is 2.47. The zero-order valence-electron chi connectivity index (χ0n) is 25.7. The monoisotopic (exact) mass is 740 g/mol. The van der Waals surface area contributed by atoms with Crippen molar-refractivity contribution in [1.82, 2.24) is 14.6 Å². The summed E-state index contributed by atoms with van der Waals surface area (Å²) in [5.74, 6) is -1.99. The molecule has 1 aliphatic carbocycles. The molecule has 1 aromatic carbocycles. The number of nitrogens with zero attached hydrogens (tertiary/aromatic N) is 3. The number of carbonyl (C=O) groups excluding carboxylic acids is 1. The van der Waals surface area contributed by atoms with Gasteiger partial charge in [-0.3, -0.25) is 9.79 Å². The average molecular weight is 742 g/mol. The second-order valence-corrected chi connectivity index (χ2v) is 22.9. The smallest absolute Gasteiger partial charge is 0.335 e. The Morgan fingerprint density at radius 2 is 1.93 bits per heavy atom. The zero-order valence-corrected chi connectivity index (χ0v) is 29.9. The lowest BCUT2D eigenvalue weighted by atomic mass is 9.70. The van der Waals surface area contributed by atoms with E-state index in [1.165, 1.54) is 27.8 Å². The number of nitrogens with one attached hydrogen (secondary N) is 1. The molecule has 0 spiro atoms. The summed E-state index contributed by atoms with van der Waals surface area (Å²) in [6.45, 7) is 9.16. The Labute approximate surface area is 276 Å². The maximum atomic E-state index is 14.6. The third-order valence-electron chi connectivity index (χ3n) is 8.79. The number of halogens is 2. The summed E-state index contributed by atoms with van der Waals surface area (Å²) in [5, 5.41) is 15.3.